The first-order valence-electron chi connectivity index (χ1n) is 6.27. The lowest BCUT2D eigenvalue weighted by Crippen LogP contribution is -2.40. The summed E-state index contributed by atoms with van der Waals surface area (Å²) in [5.41, 5.74) is 0.787. The van der Waals surface area contributed by atoms with Gasteiger partial charge in [0.2, 0.25) is 0 Å². The van der Waals surface area contributed by atoms with Crippen LogP contribution in [0.2, 0.25) is 0 Å². The molecule has 0 bridgehead atoms. The fourth-order valence-electron chi connectivity index (χ4n) is 2.08. The zero-order chi connectivity index (χ0) is 14.0. The highest BCUT2D eigenvalue weighted by Gasteiger charge is 2.36. The Hall–Kier alpha value is -1.88. The molecule has 5 heteroatoms. The molecular weight excluding hydrogens is 244 g/mol. The van der Waals surface area contributed by atoms with E-state index in [1.165, 1.54) is 4.90 Å². The Bertz CT molecular complexity index is 494. The smallest absolute Gasteiger partial charge is 0.313 e. The maximum atomic E-state index is 11.9. The normalized spacial score (nSPS) is 22.4. The Labute approximate surface area is 112 Å². The molecule has 1 unspecified atom stereocenters. The van der Waals surface area contributed by atoms with Gasteiger partial charge in [-0.1, -0.05) is 17.7 Å². The van der Waals surface area contributed by atoms with Crippen molar-refractivity contribution in [3.8, 4) is 0 Å². The summed E-state index contributed by atoms with van der Waals surface area (Å²) < 4.78 is 0. The van der Waals surface area contributed by atoms with Gasteiger partial charge >= 0.3 is 11.8 Å². The highest BCUT2D eigenvalue weighted by molar-refractivity contribution is 6.39. The number of hydrogen-bond donors (Lipinski definition) is 2. The van der Waals surface area contributed by atoms with Crippen molar-refractivity contribution >= 4 is 17.5 Å². The van der Waals surface area contributed by atoms with Crippen LogP contribution in [0.1, 0.15) is 18.9 Å². The van der Waals surface area contributed by atoms with E-state index in [0.29, 0.717) is 18.7 Å². The van der Waals surface area contributed by atoms with E-state index in [1.807, 2.05) is 19.1 Å². The van der Waals surface area contributed by atoms with Gasteiger partial charge in [-0.05, 0) is 32.4 Å². The first-order valence-corrected chi connectivity index (χ1v) is 6.27. The van der Waals surface area contributed by atoms with Crippen molar-refractivity contribution in [2.45, 2.75) is 25.9 Å². The molecule has 0 saturated carbocycles. The van der Waals surface area contributed by atoms with E-state index in [-0.39, 0.29) is 6.54 Å². The maximum absolute atomic E-state index is 11.9. The van der Waals surface area contributed by atoms with Gasteiger partial charge in [-0.3, -0.25) is 9.59 Å². The molecule has 2 amide bonds. The molecule has 2 rings (SSSR count). The molecule has 102 valence electrons. The van der Waals surface area contributed by atoms with Crippen LogP contribution in [-0.4, -0.2) is 40.5 Å². The van der Waals surface area contributed by atoms with Crippen LogP contribution in [0, 0.1) is 6.92 Å². The molecule has 19 heavy (non-hydrogen) atoms. The van der Waals surface area contributed by atoms with Crippen LogP contribution in [0.25, 0.3) is 0 Å². The molecule has 5 nitrogen and oxygen atoms in total. The lowest BCUT2D eigenvalue weighted by atomic mass is 10.1. The second-order valence-electron chi connectivity index (χ2n) is 5.29. The molecule has 1 saturated heterocycles. The number of nitrogens with one attached hydrogen (secondary N) is 1. The number of aliphatic hydroxyl groups is 1. The van der Waals surface area contributed by atoms with Crippen LogP contribution >= 0.6 is 0 Å². The third-order valence-electron chi connectivity index (χ3n) is 3.24. The number of rotatable bonds is 1. The number of benzene rings is 1. The Kier molecular flexibility index (Phi) is 3.57. The fourth-order valence-corrected chi connectivity index (χ4v) is 2.08. The average Bonchev–Trinajstić information content (AvgIpc) is 2.71. The van der Waals surface area contributed by atoms with Gasteiger partial charge in [0.1, 0.15) is 0 Å². The van der Waals surface area contributed by atoms with Crippen LogP contribution in [0.5, 0.6) is 0 Å². The quantitative estimate of drug-likeness (QED) is 0.739. The number of carbonyl (C=O) groups is 2. The Morgan fingerprint density at radius 2 is 1.95 bits per heavy atom. The number of β-amino-alcohol motifs (C(OH)–C–C–N with tert-alkyl or cyclic N) is 1. The van der Waals surface area contributed by atoms with Crippen molar-refractivity contribution in [2.24, 2.45) is 0 Å². The minimum atomic E-state index is -0.889. The molecule has 1 atom stereocenters. The van der Waals surface area contributed by atoms with Crippen LogP contribution < -0.4 is 5.32 Å². The molecule has 0 aliphatic carbocycles. The van der Waals surface area contributed by atoms with E-state index in [0.717, 1.165) is 5.56 Å². The second kappa shape index (κ2) is 5.01. The molecule has 1 aromatic rings. The summed E-state index contributed by atoms with van der Waals surface area (Å²) in [5, 5.41) is 12.4. The highest BCUT2D eigenvalue weighted by atomic mass is 16.3. The minimum Gasteiger partial charge on any atom is -0.388 e. The van der Waals surface area contributed by atoms with Crippen molar-refractivity contribution in [1.82, 2.24) is 4.90 Å². The number of carbonyl (C=O) groups excluding carboxylic acids is 2. The Balaban J connectivity index is 1.97. The molecule has 0 spiro atoms. The van der Waals surface area contributed by atoms with Gasteiger partial charge in [-0.2, -0.15) is 0 Å². The first kappa shape index (κ1) is 13.5. The summed E-state index contributed by atoms with van der Waals surface area (Å²) in [4.78, 5) is 25.1. The van der Waals surface area contributed by atoms with Crippen LogP contribution in [0.3, 0.4) is 0 Å². The molecule has 1 heterocycles. The fraction of sp³-hybridized carbons (Fsp3) is 0.429. The van der Waals surface area contributed by atoms with Crippen molar-refractivity contribution in [1.29, 1.82) is 0 Å². The standard InChI is InChI=1S/C14H18N2O3/c1-10-3-5-11(6-4-10)15-12(17)13(18)16-8-7-14(2,19)9-16/h3-6,19H,7-9H2,1-2H3,(H,15,17). The molecule has 2 N–H and O–H groups in total. The molecule has 0 aromatic heterocycles. The summed E-state index contributed by atoms with van der Waals surface area (Å²) in [6.45, 7) is 4.22. The van der Waals surface area contributed by atoms with Gasteiger partial charge in [0.25, 0.3) is 0 Å². The van der Waals surface area contributed by atoms with E-state index < -0.39 is 17.4 Å². The van der Waals surface area contributed by atoms with E-state index in [1.54, 1.807) is 19.1 Å². The van der Waals surface area contributed by atoms with Gasteiger partial charge in [0.15, 0.2) is 0 Å². The zero-order valence-corrected chi connectivity index (χ0v) is 11.1. The molecule has 1 aliphatic rings. The number of nitrogens with zero attached hydrogens (tertiary/aromatic N) is 1. The lowest BCUT2D eigenvalue weighted by Gasteiger charge is -2.18. The summed E-state index contributed by atoms with van der Waals surface area (Å²) >= 11 is 0. The second-order valence-corrected chi connectivity index (χ2v) is 5.29. The largest absolute Gasteiger partial charge is 0.388 e. The Morgan fingerprint density at radius 3 is 2.47 bits per heavy atom. The number of aryl methyl sites for hydroxylation is 1. The first-order chi connectivity index (χ1) is 8.87. The summed E-state index contributed by atoms with van der Waals surface area (Å²) in [6.07, 6.45) is 0.497. The summed E-state index contributed by atoms with van der Waals surface area (Å²) in [6, 6.07) is 7.22. The summed E-state index contributed by atoms with van der Waals surface area (Å²) in [7, 11) is 0. The van der Waals surface area contributed by atoms with Crippen molar-refractivity contribution < 1.29 is 14.7 Å². The monoisotopic (exact) mass is 262 g/mol. The average molecular weight is 262 g/mol. The third kappa shape index (κ3) is 3.32. The van der Waals surface area contributed by atoms with E-state index in [9.17, 15) is 14.7 Å². The summed E-state index contributed by atoms with van der Waals surface area (Å²) in [5.74, 6) is -1.26. The Morgan fingerprint density at radius 1 is 1.32 bits per heavy atom. The lowest BCUT2D eigenvalue weighted by molar-refractivity contribution is -0.142. The maximum Gasteiger partial charge on any atom is 0.313 e. The van der Waals surface area contributed by atoms with Crippen LogP contribution in [0.4, 0.5) is 5.69 Å². The van der Waals surface area contributed by atoms with Gasteiger partial charge in [0, 0.05) is 18.8 Å². The van der Waals surface area contributed by atoms with Crippen LogP contribution in [0.15, 0.2) is 24.3 Å². The van der Waals surface area contributed by atoms with Crippen LogP contribution in [-0.2, 0) is 9.59 Å². The van der Waals surface area contributed by atoms with Gasteiger partial charge in [-0.25, -0.2) is 0 Å². The highest BCUT2D eigenvalue weighted by Crippen LogP contribution is 2.20. The van der Waals surface area contributed by atoms with Gasteiger partial charge in [-0.15, -0.1) is 0 Å². The van der Waals surface area contributed by atoms with Crippen molar-refractivity contribution in [3.05, 3.63) is 29.8 Å². The molecular formula is C14H18N2O3. The molecule has 1 fully saturated rings. The number of hydrogen-bond acceptors (Lipinski definition) is 3. The van der Waals surface area contributed by atoms with E-state index in [4.69, 9.17) is 0 Å². The van der Waals surface area contributed by atoms with Gasteiger partial charge in [0.05, 0.1) is 5.60 Å². The van der Waals surface area contributed by atoms with E-state index in [2.05, 4.69) is 5.32 Å². The van der Waals surface area contributed by atoms with Crippen molar-refractivity contribution in [3.63, 3.8) is 0 Å². The predicted octanol–water partition coefficient (Wildman–Crippen LogP) is 0.917. The number of likely N-dealkylation sites (tertiary alicyclic amines) is 1. The third-order valence-corrected chi connectivity index (χ3v) is 3.24. The molecule has 0 radical (unpaired) electrons. The SMILES string of the molecule is Cc1ccc(NC(=O)C(=O)N2CCC(C)(O)C2)cc1. The van der Waals surface area contributed by atoms with E-state index >= 15 is 0 Å². The zero-order valence-electron chi connectivity index (χ0n) is 11.1. The number of anilines is 1. The minimum absolute atomic E-state index is 0.202. The number of amides is 2. The predicted molar refractivity (Wildman–Crippen MR) is 71.6 cm³/mol. The topological polar surface area (TPSA) is 69.6 Å². The molecule has 1 aliphatic heterocycles. The van der Waals surface area contributed by atoms with Gasteiger partial charge < -0.3 is 15.3 Å². The van der Waals surface area contributed by atoms with Crippen molar-refractivity contribution in [2.75, 3.05) is 18.4 Å². The molecule has 1 aromatic carbocycles.